The minimum atomic E-state index is -0.323. The van der Waals surface area contributed by atoms with Crippen LogP contribution in [-0.4, -0.2) is 5.11 Å². The SMILES string of the molecule is Oc1ccc(S)c2c(F)csc12. The molecule has 0 bridgehead atoms. The second-order valence-corrected chi connectivity index (χ2v) is 3.75. The summed E-state index contributed by atoms with van der Waals surface area (Å²) in [4.78, 5) is 0.557. The van der Waals surface area contributed by atoms with Crippen molar-refractivity contribution in [2.45, 2.75) is 4.90 Å². The van der Waals surface area contributed by atoms with E-state index in [4.69, 9.17) is 0 Å². The Balaban J connectivity index is 2.98. The van der Waals surface area contributed by atoms with E-state index in [1.165, 1.54) is 22.8 Å². The van der Waals surface area contributed by atoms with Crippen molar-refractivity contribution in [3.63, 3.8) is 0 Å². The van der Waals surface area contributed by atoms with Gasteiger partial charge < -0.3 is 5.11 Å². The highest BCUT2D eigenvalue weighted by Crippen LogP contribution is 2.35. The van der Waals surface area contributed by atoms with Crippen LogP contribution in [-0.2, 0) is 0 Å². The van der Waals surface area contributed by atoms with Gasteiger partial charge in [-0.05, 0) is 12.1 Å². The molecular weight excluding hydrogens is 195 g/mol. The molecule has 0 aliphatic carbocycles. The Morgan fingerprint density at radius 1 is 1.42 bits per heavy atom. The number of aromatic hydroxyl groups is 1. The number of fused-ring (bicyclic) bond motifs is 1. The summed E-state index contributed by atoms with van der Waals surface area (Å²) in [5.74, 6) is -0.215. The van der Waals surface area contributed by atoms with Crippen molar-refractivity contribution in [3.8, 4) is 5.75 Å². The molecule has 0 saturated heterocycles. The normalized spacial score (nSPS) is 10.8. The molecule has 0 spiro atoms. The molecule has 0 aliphatic heterocycles. The van der Waals surface area contributed by atoms with Crippen molar-refractivity contribution >= 4 is 34.1 Å². The van der Waals surface area contributed by atoms with Crippen molar-refractivity contribution in [3.05, 3.63) is 23.3 Å². The molecule has 1 heterocycles. The quantitative estimate of drug-likeness (QED) is 0.626. The first-order valence-electron chi connectivity index (χ1n) is 3.28. The van der Waals surface area contributed by atoms with E-state index in [-0.39, 0.29) is 11.6 Å². The largest absolute Gasteiger partial charge is 0.506 e. The molecule has 0 aliphatic rings. The number of phenols is 1. The van der Waals surface area contributed by atoms with Crippen molar-refractivity contribution in [1.82, 2.24) is 0 Å². The van der Waals surface area contributed by atoms with E-state index < -0.39 is 0 Å². The summed E-state index contributed by atoms with van der Waals surface area (Å²) in [5.41, 5.74) is 0. The van der Waals surface area contributed by atoms with Gasteiger partial charge in [-0.25, -0.2) is 4.39 Å². The molecule has 0 radical (unpaired) electrons. The Labute approximate surface area is 77.9 Å². The number of benzene rings is 1. The molecule has 0 saturated carbocycles. The standard InChI is InChI=1S/C8H5FOS2/c9-4-3-12-8-5(10)1-2-6(11)7(4)8/h1-3,10-11H. The number of hydrogen-bond acceptors (Lipinski definition) is 3. The molecule has 1 N–H and O–H groups in total. The molecule has 62 valence electrons. The van der Waals surface area contributed by atoms with Gasteiger partial charge in [0.25, 0.3) is 0 Å². The van der Waals surface area contributed by atoms with Crippen LogP contribution in [0.1, 0.15) is 0 Å². The second-order valence-electron chi connectivity index (χ2n) is 2.39. The summed E-state index contributed by atoms with van der Waals surface area (Å²) in [6.07, 6.45) is 0. The van der Waals surface area contributed by atoms with Crippen molar-refractivity contribution in [2.75, 3.05) is 0 Å². The summed E-state index contributed by atoms with van der Waals surface area (Å²) in [6.45, 7) is 0. The lowest BCUT2D eigenvalue weighted by Crippen LogP contribution is -1.72. The summed E-state index contributed by atoms with van der Waals surface area (Å²) < 4.78 is 13.6. The maximum absolute atomic E-state index is 13.0. The van der Waals surface area contributed by atoms with Crippen LogP contribution in [0.25, 0.3) is 10.1 Å². The smallest absolute Gasteiger partial charge is 0.142 e. The fourth-order valence-corrected chi connectivity index (χ4v) is 2.30. The van der Waals surface area contributed by atoms with Crippen LogP contribution in [0.2, 0.25) is 0 Å². The van der Waals surface area contributed by atoms with Crippen molar-refractivity contribution < 1.29 is 9.50 Å². The fourth-order valence-electron chi connectivity index (χ4n) is 1.08. The number of hydrogen-bond donors (Lipinski definition) is 2. The predicted molar refractivity (Wildman–Crippen MR) is 50.7 cm³/mol. The second kappa shape index (κ2) is 2.64. The lowest BCUT2D eigenvalue weighted by atomic mass is 10.2. The van der Waals surface area contributed by atoms with Gasteiger partial charge in [-0.1, -0.05) is 0 Å². The highest BCUT2D eigenvalue weighted by atomic mass is 32.1. The monoisotopic (exact) mass is 200 g/mol. The van der Waals surface area contributed by atoms with Gasteiger partial charge >= 0.3 is 0 Å². The number of thiol groups is 1. The third-order valence-electron chi connectivity index (χ3n) is 1.63. The molecule has 0 fully saturated rings. The zero-order valence-corrected chi connectivity index (χ0v) is 7.62. The minimum absolute atomic E-state index is 0.108. The minimum Gasteiger partial charge on any atom is -0.506 e. The van der Waals surface area contributed by atoms with Crippen LogP contribution < -0.4 is 0 Å². The van der Waals surface area contributed by atoms with E-state index in [0.717, 1.165) is 0 Å². The summed E-state index contributed by atoms with van der Waals surface area (Å²) in [6, 6.07) is 3.09. The predicted octanol–water partition coefficient (Wildman–Crippen LogP) is 3.03. The molecular formula is C8H5FOS2. The van der Waals surface area contributed by atoms with Crippen LogP contribution in [0, 0.1) is 5.82 Å². The van der Waals surface area contributed by atoms with Crippen molar-refractivity contribution in [2.24, 2.45) is 0 Å². The molecule has 1 nitrogen and oxygen atoms in total. The van der Waals surface area contributed by atoms with E-state index in [9.17, 15) is 9.50 Å². The van der Waals surface area contributed by atoms with E-state index in [1.807, 2.05) is 0 Å². The Morgan fingerprint density at radius 2 is 2.17 bits per heavy atom. The van der Waals surface area contributed by atoms with Crippen molar-refractivity contribution in [1.29, 1.82) is 0 Å². The zero-order chi connectivity index (χ0) is 8.72. The molecule has 2 aromatic rings. The molecule has 0 atom stereocenters. The number of rotatable bonds is 0. The van der Waals surface area contributed by atoms with Gasteiger partial charge in [-0.15, -0.1) is 24.0 Å². The van der Waals surface area contributed by atoms with Crippen LogP contribution >= 0.6 is 24.0 Å². The topological polar surface area (TPSA) is 20.2 Å². The van der Waals surface area contributed by atoms with Crippen LogP contribution in [0.5, 0.6) is 5.75 Å². The van der Waals surface area contributed by atoms with Gasteiger partial charge in [0.1, 0.15) is 11.6 Å². The molecule has 1 aromatic heterocycles. The first-order chi connectivity index (χ1) is 5.70. The third-order valence-corrected chi connectivity index (χ3v) is 2.98. The Bertz CT molecular complexity index is 436. The van der Waals surface area contributed by atoms with Gasteiger partial charge in [0.15, 0.2) is 0 Å². The summed E-state index contributed by atoms with van der Waals surface area (Å²) in [7, 11) is 0. The zero-order valence-electron chi connectivity index (χ0n) is 5.91. The van der Waals surface area contributed by atoms with E-state index >= 15 is 0 Å². The summed E-state index contributed by atoms with van der Waals surface area (Å²) >= 11 is 5.27. The van der Waals surface area contributed by atoms with E-state index in [0.29, 0.717) is 15.0 Å². The highest BCUT2D eigenvalue weighted by molar-refractivity contribution is 7.80. The molecule has 12 heavy (non-hydrogen) atoms. The maximum Gasteiger partial charge on any atom is 0.142 e. The third kappa shape index (κ3) is 0.990. The number of thiophene rings is 1. The first kappa shape index (κ1) is 7.89. The first-order valence-corrected chi connectivity index (χ1v) is 4.60. The number of phenolic OH excluding ortho intramolecular Hbond substituents is 1. The fraction of sp³-hybridized carbons (Fsp3) is 0. The van der Waals surface area contributed by atoms with E-state index in [1.54, 1.807) is 6.07 Å². The van der Waals surface area contributed by atoms with Gasteiger partial charge in [-0.3, -0.25) is 0 Å². The lowest BCUT2D eigenvalue weighted by molar-refractivity contribution is 0.482. The molecule has 0 unspecified atom stereocenters. The molecule has 0 amide bonds. The van der Waals surface area contributed by atoms with E-state index in [2.05, 4.69) is 12.6 Å². The number of halogens is 1. The molecule has 2 rings (SSSR count). The summed E-state index contributed by atoms with van der Waals surface area (Å²) in [5, 5.41) is 11.1. The Morgan fingerprint density at radius 3 is 2.83 bits per heavy atom. The van der Waals surface area contributed by atoms with Gasteiger partial charge in [0.2, 0.25) is 0 Å². The average Bonchev–Trinajstić information content (AvgIpc) is 2.42. The molecule has 1 aromatic carbocycles. The average molecular weight is 200 g/mol. The lowest BCUT2D eigenvalue weighted by Gasteiger charge is -1.96. The highest BCUT2D eigenvalue weighted by Gasteiger charge is 2.09. The Kier molecular flexibility index (Phi) is 1.73. The van der Waals surface area contributed by atoms with Crippen LogP contribution in [0.4, 0.5) is 4.39 Å². The van der Waals surface area contributed by atoms with Crippen LogP contribution in [0.15, 0.2) is 22.4 Å². The van der Waals surface area contributed by atoms with Gasteiger partial charge in [0, 0.05) is 15.7 Å². The molecule has 4 heteroatoms. The van der Waals surface area contributed by atoms with Gasteiger partial charge in [-0.2, -0.15) is 0 Å². The maximum atomic E-state index is 13.0. The van der Waals surface area contributed by atoms with Gasteiger partial charge in [0.05, 0.1) is 4.70 Å². The Hall–Kier alpha value is -0.740. The van der Waals surface area contributed by atoms with Crippen LogP contribution in [0.3, 0.4) is 0 Å².